The molecule has 5 nitrogen and oxygen atoms in total. The minimum atomic E-state index is -3.67. The summed E-state index contributed by atoms with van der Waals surface area (Å²) in [6, 6.07) is -0.172. The van der Waals surface area contributed by atoms with E-state index in [1.165, 1.54) is 7.05 Å². The van der Waals surface area contributed by atoms with Crippen molar-refractivity contribution in [3.05, 3.63) is 0 Å². The van der Waals surface area contributed by atoms with Gasteiger partial charge in [-0.15, -0.1) is 0 Å². The fraction of sp³-hybridized carbons (Fsp3) is 0.889. The highest BCUT2D eigenvalue weighted by Crippen LogP contribution is 2.13. The van der Waals surface area contributed by atoms with Crippen LogP contribution in [-0.4, -0.2) is 42.6 Å². The van der Waals surface area contributed by atoms with Crippen molar-refractivity contribution in [1.82, 2.24) is 4.31 Å². The molecule has 0 aromatic carbocycles. The number of carboxylic acids is 1. The molecule has 1 unspecified atom stereocenters. The summed E-state index contributed by atoms with van der Waals surface area (Å²) in [5.41, 5.74) is 0. The number of hydrogen-bond donors (Lipinski definition) is 1. The van der Waals surface area contributed by atoms with Crippen LogP contribution in [0.5, 0.6) is 0 Å². The molecule has 0 aliphatic heterocycles. The maximum absolute atomic E-state index is 11.5. The lowest BCUT2D eigenvalue weighted by Crippen LogP contribution is -2.39. The Bertz CT molecular complexity index is 310. The molecule has 15 heavy (non-hydrogen) atoms. The average Bonchev–Trinajstić information content (AvgIpc) is 1.98. The van der Waals surface area contributed by atoms with E-state index in [1.54, 1.807) is 6.92 Å². The van der Waals surface area contributed by atoms with Gasteiger partial charge in [0.05, 0.1) is 0 Å². The molecule has 6 heteroatoms. The summed E-state index contributed by atoms with van der Waals surface area (Å²) in [6.07, 6.45) is 0.718. The van der Waals surface area contributed by atoms with E-state index >= 15 is 0 Å². The van der Waals surface area contributed by atoms with Gasteiger partial charge in [0, 0.05) is 13.1 Å². The summed E-state index contributed by atoms with van der Waals surface area (Å²) in [5.74, 6) is -1.78. The molecule has 1 atom stereocenters. The molecule has 0 amide bonds. The third-order valence-electron chi connectivity index (χ3n) is 2.18. The lowest BCUT2D eigenvalue weighted by atomic mass is 10.1. The minimum absolute atomic E-state index is 0.172. The van der Waals surface area contributed by atoms with Gasteiger partial charge in [-0.05, 0) is 19.3 Å². The quantitative estimate of drug-likeness (QED) is 0.740. The number of hydrogen-bond acceptors (Lipinski definition) is 3. The van der Waals surface area contributed by atoms with Gasteiger partial charge in [0.25, 0.3) is 0 Å². The van der Waals surface area contributed by atoms with Gasteiger partial charge in [-0.3, -0.25) is 4.79 Å². The molecule has 0 fully saturated rings. The first kappa shape index (κ1) is 14.4. The van der Waals surface area contributed by atoms with Gasteiger partial charge in [0.15, 0.2) is 5.75 Å². The normalized spacial score (nSPS) is 14.5. The second kappa shape index (κ2) is 5.46. The van der Waals surface area contributed by atoms with Crippen LogP contribution in [0.4, 0.5) is 0 Å². The van der Waals surface area contributed by atoms with Gasteiger partial charge in [0.2, 0.25) is 10.0 Å². The monoisotopic (exact) mass is 237 g/mol. The molecular weight excluding hydrogens is 218 g/mol. The molecule has 0 saturated heterocycles. The number of nitrogens with zero attached hydrogens (tertiary/aromatic N) is 1. The largest absolute Gasteiger partial charge is 0.480 e. The predicted octanol–water partition coefficient (Wildman–Crippen LogP) is 0.767. The molecular formula is C9H19NO4S. The summed E-state index contributed by atoms with van der Waals surface area (Å²) in [5, 5.41) is 8.46. The molecule has 0 rings (SSSR count). The molecule has 0 radical (unpaired) electrons. The summed E-state index contributed by atoms with van der Waals surface area (Å²) >= 11 is 0. The predicted molar refractivity (Wildman–Crippen MR) is 58.1 cm³/mol. The summed E-state index contributed by atoms with van der Waals surface area (Å²) in [7, 11) is -2.25. The SMILES string of the molecule is CC(C)CC(C)N(C)S(=O)(=O)CC(=O)O. The number of carboxylic acid groups (broad SMARTS) is 1. The summed E-state index contributed by atoms with van der Waals surface area (Å²) < 4.78 is 24.2. The number of carbonyl (C=O) groups is 1. The van der Waals surface area contributed by atoms with Gasteiger partial charge in [-0.2, -0.15) is 0 Å². The number of sulfonamides is 1. The third kappa shape index (κ3) is 5.13. The Morgan fingerprint density at radius 2 is 1.80 bits per heavy atom. The van der Waals surface area contributed by atoms with Crippen molar-refractivity contribution in [2.75, 3.05) is 12.8 Å². The first-order chi connectivity index (χ1) is 6.66. The van der Waals surface area contributed by atoms with Gasteiger partial charge in [-0.25, -0.2) is 12.7 Å². The minimum Gasteiger partial charge on any atom is -0.480 e. The van der Waals surface area contributed by atoms with Crippen LogP contribution in [0.15, 0.2) is 0 Å². The van der Waals surface area contributed by atoms with Crippen molar-refractivity contribution in [3.8, 4) is 0 Å². The first-order valence-corrected chi connectivity index (χ1v) is 6.45. The second-order valence-electron chi connectivity index (χ2n) is 4.14. The Morgan fingerprint density at radius 3 is 2.13 bits per heavy atom. The Labute approximate surface area is 91.1 Å². The second-order valence-corrected chi connectivity index (χ2v) is 6.17. The van der Waals surface area contributed by atoms with Crippen molar-refractivity contribution in [2.24, 2.45) is 5.92 Å². The van der Waals surface area contributed by atoms with Crippen LogP contribution < -0.4 is 0 Å². The Kier molecular flexibility index (Phi) is 5.23. The zero-order valence-electron chi connectivity index (χ0n) is 9.60. The van der Waals surface area contributed by atoms with Gasteiger partial charge >= 0.3 is 5.97 Å². The standard InChI is InChI=1S/C9H19NO4S/c1-7(2)5-8(3)10(4)15(13,14)6-9(11)12/h7-8H,5-6H2,1-4H3,(H,11,12). The number of aliphatic carboxylic acids is 1. The molecule has 0 saturated carbocycles. The van der Waals surface area contributed by atoms with Crippen molar-refractivity contribution >= 4 is 16.0 Å². The van der Waals surface area contributed by atoms with Gasteiger partial charge < -0.3 is 5.11 Å². The van der Waals surface area contributed by atoms with E-state index < -0.39 is 21.7 Å². The molecule has 0 aromatic rings. The van der Waals surface area contributed by atoms with Crippen molar-refractivity contribution in [3.63, 3.8) is 0 Å². The van der Waals surface area contributed by atoms with E-state index in [0.717, 1.165) is 10.7 Å². The van der Waals surface area contributed by atoms with E-state index in [4.69, 9.17) is 5.11 Å². The molecule has 0 heterocycles. The van der Waals surface area contributed by atoms with Crippen LogP contribution in [0.1, 0.15) is 27.2 Å². The van der Waals surface area contributed by atoms with Crippen LogP contribution in [0.2, 0.25) is 0 Å². The molecule has 0 aliphatic rings. The van der Waals surface area contributed by atoms with Gasteiger partial charge in [0.1, 0.15) is 0 Å². The van der Waals surface area contributed by atoms with E-state index in [-0.39, 0.29) is 6.04 Å². The van der Waals surface area contributed by atoms with Crippen molar-refractivity contribution < 1.29 is 18.3 Å². The topological polar surface area (TPSA) is 74.7 Å². The molecule has 0 aromatic heterocycles. The highest BCUT2D eigenvalue weighted by Gasteiger charge is 2.26. The van der Waals surface area contributed by atoms with Crippen LogP contribution in [0, 0.1) is 5.92 Å². The van der Waals surface area contributed by atoms with Crippen LogP contribution >= 0.6 is 0 Å². The van der Waals surface area contributed by atoms with Crippen LogP contribution in [-0.2, 0) is 14.8 Å². The molecule has 0 aliphatic carbocycles. The Balaban J connectivity index is 4.55. The maximum Gasteiger partial charge on any atom is 0.320 e. The van der Waals surface area contributed by atoms with E-state index in [1.807, 2.05) is 13.8 Å². The smallest absolute Gasteiger partial charge is 0.320 e. The van der Waals surface area contributed by atoms with Gasteiger partial charge in [-0.1, -0.05) is 13.8 Å². The van der Waals surface area contributed by atoms with Crippen LogP contribution in [0.25, 0.3) is 0 Å². The maximum atomic E-state index is 11.5. The molecule has 0 bridgehead atoms. The zero-order valence-corrected chi connectivity index (χ0v) is 10.4. The zero-order chi connectivity index (χ0) is 12.2. The average molecular weight is 237 g/mol. The fourth-order valence-corrected chi connectivity index (χ4v) is 2.51. The first-order valence-electron chi connectivity index (χ1n) is 4.84. The molecule has 0 spiro atoms. The Hall–Kier alpha value is -0.620. The third-order valence-corrected chi connectivity index (χ3v) is 4.03. The molecule has 1 N–H and O–H groups in total. The Morgan fingerprint density at radius 1 is 1.33 bits per heavy atom. The lowest BCUT2D eigenvalue weighted by molar-refractivity contribution is -0.134. The summed E-state index contributed by atoms with van der Waals surface area (Å²) in [4.78, 5) is 10.4. The molecule has 90 valence electrons. The number of rotatable bonds is 6. The van der Waals surface area contributed by atoms with E-state index in [0.29, 0.717) is 5.92 Å². The van der Waals surface area contributed by atoms with Crippen molar-refractivity contribution in [2.45, 2.75) is 33.2 Å². The summed E-state index contributed by atoms with van der Waals surface area (Å²) in [6.45, 7) is 5.77. The highest BCUT2D eigenvalue weighted by atomic mass is 32.2. The fourth-order valence-electron chi connectivity index (χ4n) is 1.36. The van der Waals surface area contributed by atoms with E-state index in [9.17, 15) is 13.2 Å². The highest BCUT2D eigenvalue weighted by molar-refractivity contribution is 7.89. The lowest BCUT2D eigenvalue weighted by Gasteiger charge is -2.24. The van der Waals surface area contributed by atoms with E-state index in [2.05, 4.69) is 0 Å². The van der Waals surface area contributed by atoms with Crippen LogP contribution in [0.3, 0.4) is 0 Å². The van der Waals surface area contributed by atoms with Crippen molar-refractivity contribution in [1.29, 1.82) is 0 Å².